The lowest BCUT2D eigenvalue weighted by molar-refractivity contribution is -0.384. The molecule has 0 fully saturated rings. The Balaban J connectivity index is 1.50. The number of fused-ring (bicyclic) bond motifs is 1. The molecule has 0 radical (unpaired) electrons. The van der Waals surface area contributed by atoms with Crippen molar-refractivity contribution in [3.8, 4) is 11.5 Å². The van der Waals surface area contributed by atoms with E-state index in [4.69, 9.17) is 14.2 Å². The molecule has 11 heteroatoms. The Morgan fingerprint density at radius 3 is 2.50 bits per heavy atom. The van der Waals surface area contributed by atoms with Gasteiger partial charge >= 0.3 is 5.97 Å². The Kier molecular flexibility index (Phi) is 8.30. The average Bonchev–Trinajstić information content (AvgIpc) is 3.29. The predicted octanol–water partition coefficient (Wildman–Crippen LogP) is 4.29. The van der Waals surface area contributed by atoms with Gasteiger partial charge in [-0.1, -0.05) is 35.6 Å². The van der Waals surface area contributed by atoms with E-state index < -0.39 is 16.9 Å². The van der Waals surface area contributed by atoms with Gasteiger partial charge in [-0.05, 0) is 73.0 Å². The number of nitrogens with zero attached hydrogens (tertiary/aromatic N) is 3. The first kappa shape index (κ1) is 28.5. The number of hydrogen-bond acceptors (Lipinski definition) is 9. The molecular weight excluding hydrogens is 558 g/mol. The molecule has 1 aliphatic heterocycles. The standard InChI is InChI=1S/C31H27N3O7S/c1-4-40-30(36)27-19(2)32-31-33(28(27)22-10-14-24(39-3)15-11-22)29(35)26(42-31)17-21-6-5-7-25(16-21)41-18-20-8-12-23(13-9-20)34(37)38/h5-17,28H,4,18H2,1-3H3/b26-17+/t28-/m0/s1. The van der Waals surface area contributed by atoms with Gasteiger partial charge in [-0.15, -0.1) is 0 Å². The van der Waals surface area contributed by atoms with E-state index in [-0.39, 0.29) is 24.5 Å². The largest absolute Gasteiger partial charge is 0.497 e. The van der Waals surface area contributed by atoms with Crippen LogP contribution >= 0.6 is 11.3 Å². The third-order valence-electron chi connectivity index (χ3n) is 6.66. The Labute approximate surface area is 244 Å². The summed E-state index contributed by atoms with van der Waals surface area (Å²) in [7, 11) is 1.57. The molecule has 0 N–H and O–H groups in total. The molecule has 0 aliphatic carbocycles. The molecule has 42 heavy (non-hydrogen) atoms. The Hall–Kier alpha value is -5.03. The van der Waals surface area contributed by atoms with Crippen LogP contribution in [0.2, 0.25) is 0 Å². The summed E-state index contributed by atoms with van der Waals surface area (Å²) in [5.74, 6) is 0.707. The molecule has 4 aromatic rings. The van der Waals surface area contributed by atoms with Gasteiger partial charge in [0, 0.05) is 12.1 Å². The number of esters is 1. The number of carbonyl (C=O) groups is 1. The number of ether oxygens (including phenoxy) is 3. The molecule has 0 amide bonds. The minimum absolute atomic E-state index is 0.0148. The number of methoxy groups -OCH3 is 1. The number of rotatable bonds is 9. The molecule has 1 aromatic heterocycles. The maximum absolute atomic E-state index is 13.8. The second-order valence-electron chi connectivity index (χ2n) is 9.36. The molecule has 2 heterocycles. The Morgan fingerprint density at radius 1 is 1.10 bits per heavy atom. The van der Waals surface area contributed by atoms with Crippen LogP contribution in [-0.4, -0.2) is 29.2 Å². The lowest BCUT2D eigenvalue weighted by Gasteiger charge is -2.24. The summed E-state index contributed by atoms with van der Waals surface area (Å²) in [5.41, 5.74) is 2.77. The third kappa shape index (κ3) is 5.86. The van der Waals surface area contributed by atoms with Gasteiger partial charge in [-0.2, -0.15) is 0 Å². The maximum atomic E-state index is 13.8. The summed E-state index contributed by atoms with van der Waals surface area (Å²) >= 11 is 1.23. The smallest absolute Gasteiger partial charge is 0.338 e. The fraction of sp³-hybridized carbons (Fsp3) is 0.194. The van der Waals surface area contributed by atoms with Crippen molar-refractivity contribution >= 4 is 29.1 Å². The molecule has 214 valence electrons. The highest BCUT2D eigenvalue weighted by molar-refractivity contribution is 7.07. The number of hydrogen-bond donors (Lipinski definition) is 0. The first-order valence-corrected chi connectivity index (χ1v) is 13.9. The first-order chi connectivity index (χ1) is 20.3. The van der Waals surface area contributed by atoms with Gasteiger partial charge < -0.3 is 14.2 Å². The van der Waals surface area contributed by atoms with Gasteiger partial charge in [0.25, 0.3) is 11.2 Å². The summed E-state index contributed by atoms with van der Waals surface area (Å²) in [6.07, 6.45) is 1.76. The van der Waals surface area contributed by atoms with E-state index in [2.05, 4.69) is 4.99 Å². The lowest BCUT2D eigenvalue weighted by atomic mass is 9.96. The van der Waals surface area contributed by atoms with Gasteiger partial charge in [-0.3, -0.25) is 19.5 Å². The van der Waals surface area contributed by atoms with Crippen molar-refractivity contribution in [2.45, 2.75) is 26.5 Å². The number of aromatic nitrogens is 1. The molecule has 3 aromatic carbocycles. The fourth-order valence-electron chi connectivity index (χ4n) is 4.62. The van der Waals surface area contributed by atoms with Crippen molar-refractivity contribution in [3.63, 3.8) is 0 Å². The van der Waals surface area contributed by atoms with Crippen LogP contribution in [0.5, 0.6) is 11.5 Å². The van der Waals surface area contributed by atoms with Crippen LogP contribution in [0.25, 0.3) is 6.08 Å². The third-order valence-corrected chi connectivity index (χ3v) is 7.64. The first-order valence-electron chi connectivity index (χ1n) is 13.1. The molecule has 0 saturated heterocycles. The Morgan fingerprint density at radius 2 is 1.83 bits per heavy atom. The Bertz CT molecular complexity index is 1860. The van der Waals surface area contributed by atoms with Crippen LogP contribution in [0.4, 0.5) is 5.69 Å². The van der Waals surface area contributed by atoms with Gasteiger partial charge in [0.05, 0.1) is 40.5 Å². The highest BCUT2D eigenvalue weighted by atomic mass is 32.1. The SMILES string of the molecule is CCOC(=O)C1=C(C)N=c2s/c(=C/c3cccc(OCc4ccc([N+](=O)[O-])cc4)c3)c(=O)n2[C@H]1c1ccc(OC)cc1. The molecular formula is C31H27N3O7S. The number of nitro groups is 1. The fourth-order valence-corrected chi connectivity index (χ4v) is 5.67. The predicted molar refractivity (Wildman–Crippen MR) is 157 cm³/mol. The van der Waals surface area contributed by atoms with Crippen LogP contribution < -0.4 is 24.4 Å². The zero-order chi connectivity index (χ0) is 29.8. The van der Waals surface area contributed by atoms with Crippen molar-refractivity contribution in [3.05, 3.63) is 131 Å². The van der Waals surface area contributed by atoms with Crippen molar-refractivity contribution in [1.29, 1.82) is 0 Å². The van der Waals surface area contributed by atoms with E-state index in [1.54, 1.807) is 63.4 Å². The lowest BCUT2D eigenvalue weighted by Crippen LogP contribution is -2.39. The topological polar surface area (TPSA) is 122 Å². The van der Waals surface area contributed by atoms with Gasteiger partial charge in [0.2, 0.25) is 0 Å². The molecule has 5 rings (SSSR count). The zero-order valence-electron chi connectivity index (χ0n) is 23.1. The van der Waals surface area contributed by atoms with E-state index in [1.165, 1.54) is 28.0 Å². The van der Waals surface area contributed by atoms with Crippen LogP contribution in [0.3, 0.4) is 0 Å². The van der Waals surface area contributed by atoms with Crippen LogP contribution in [0.15, 0.2) is 93.9 Å². The normalized spacial score (nSPS) is 14.6. The monoisotopic (exact) mass is 585 g/mol. The zero-order valence-corrected chi connectivity index (χ0v) is 23.9. The van der Waals surface area contributed by atoms with Crippen molar-refractivity contribution in [2.75, 3.05) is 13.7 Å². The molecule has 0 bridgehead atoms. The van der Waals surface area contributed by atoms with E-state index >= 15 is 0 Å². The molecule has 0 spiro atoms. The summed E-state index contributed by atoms with van der Waals surface area (Å²) in [6, 6.07) is 19.9. The van der Waals surface area contributed by atoms with E-state index in [1.807, 2.05) is 24.3 Å². The second-order valence-corrected chi connectivity index (χ2v) is 10.4. The number of nitro benzene ring substituents is 1. The van der Waals surface area contributed by atoms with Crippen molar-refractivity contribution < 1.29 is 23.9 Å². The number of thiazole rings is 1. The average molecular weight is 586 g/mol. The minimum Gasteiger partial charge on any atom is -0.497 e. The summed E-state index contributed by atoms with van der Waals surface area (Å²) in [6.45, 7) is 3.89. The minimum atomic E-state index is -0.718. The molecule has 0 saturated carbocycles. The second kappa shape index (κ2) is 12.2. The summed E-state index contributed by atoms with van der Waals surface area (Å²) in [5, 5.41) is 10.9. The number of benzene rings is 3. The van der Waals surface area contributed by atoms with Crippen molar-refractivity contribution in [1.82, 2.24) is 4.57 Å². The van der Waals surface area contributed by atoms with Crippen LogP contribution in [0, 0.1) is 10.1 Å². The highest BCUT2D eigenvalue weighted by Gasteiger charge is 2.33. The van der Waals surface area contributed by atoms with E-state index in [9.17, 15) is 19.7 Å². The van der Waals surface area contributed by atoms with E-state index in [0.717, 1.165) is 16.7 Å². The maximum Gasteiger partial charge on any atom is 0.338 e. The number of allylic oxidation sites excluding steroid dienone is 1. The van der Waals surface area contributed by atoms with Crippen LogP contribution in [-0.2, 0) is 16.1 Å². The molecule has 0 unspecified atom stereocenters. The quantitative estimate of drug-likeness (QED) is 0.163. The van der Waals surface area contributed by atoms with Gasteiger partial charge in [0.15, 0.2) is 4.80 Å². The van der Waals surface area contributed by atoms with Gasteiger partial charge in [0.1, 0.15) is 18.1 Å². The van der Waals surface area contributed by atoms with Crippen LogP contribution in [0.1, 0.15) is 36.6 Å². The molecule has 1 aliphatic rings. The summed E-state index contributed by atoms with van der Waals surface area (Å²) < 4.78 is 18.5. The molecule has 1 atom stereocenters. The molecule has 10 nitrogen and oxygen atoms in total. The number of non-ortho nitro benzene ring substituents is 1. The van der Waals surface area contributed by atoms with Gasteiger partial charge in [-0.25, -0.2) is 9.79 Å². The summed E-state index contributed by atoms with van der Waals surface area (Å²) in [4.78, 5) is 42.4. The van der Waals surface area contributed by atoms with E-state index in [0.29, 0.717) is 32.1 Å². The van der Waals surface area contributed by atoms with Crippen molar-refractivity contribution in [2.24, 2.45) is 4.99 Å². The number of carbonyl (C=O) groups excluding carboxylic acids is 1. The highest BCUT2D eigenvalue weighted by Crippen LogP contribution is 2.31.